The van der Waals surface area contributed by atoms with E-state index in [9.17, 15) is 9.18 Å². The van der Waals surface area contributed by atoms with Crippen molar-refractivity contribution in [3.8, 4) is 0 Å². The van der Waals surface area contributed by atoms with Gasteiger partial charge in [-0.05, 0) is 37.8 Å². The summed E-state index contributed by atoms with van der Waals surface area (Å²) >= 11 is 0. The number of hydrogen-bond donors (Lipinski definition) is 2. The summed E-state index contributed by atoms with van der Waals surface area (Å²) in [6, 6.07) is 3.29. The smallest absolute Gasteiger partial charge is 0.220 e. The summed E-state index contributed by atoms with van der Waals surface area (Å²) in [6.07, 6.45) is 4.61. The first kappa shape index (κ1) is 11.8. The number of aromatic nitrogens is 1. The Bertz CT molecular complexity index is 385. The number of nitrogens with zero attached hydrogens (tertiary/aromatic N) is 1. The van der Waals surface area contributed by atoms with Crippen LogP contribution in [0.5, 0.6) is 0 Å². The molecule has 0 saturated heterocycles. The number of nitrogens with one attached hydrogen (secondary N) is 1. The first-order chi connectivity index (χ1) is 8.15. The molecule has 0 unspecified atom stereocenters. The third-order valence-corrected chi connectivity index (χ3v) is 3.21. The lowest BCUT2D eigenvalue weighted by Crippen LogP contribution is -2.32. The third-order valence-electron chi connectivity index (χ3n) is 3.21. The number of nitrogens with two attached hydrogens (primary N) is 1. The van der Waals surface area contributed by atoms with Crippen molar-refractivity contribution < 1.29 is 9.18 Å². The van der Waals surface area contributed by atoms with Gasteiger partial charge in [0.25, 0.3) is 0 Å². The second kappa shape index (κ2) is 5.12. The van der Waals surface area contributed by atoms with Gasteiger partial charge in [0.05, 0.1) is 6.20 Å². The molecule has 0 atom stereocenters. The van der Waals surface area contributed by atoms with E-state index >= 15 is 0 Å². The lowest BCUT2D eigenvalue weighted by atomic mass is 9.85. The molecule has 1 heterocycles. The molecule has 0 spiro atoms. The van der Waals surface area contributed by atoms with Crippen molar-refractivity contribution in [2.45, 2.75) is 31.7 Å². The van der Waals surface area contributed by atoms with Gasteiger partial charge in [-0.15, -0.1) is 0 Å². The molecule has 1 aromatic heterocycles. The fourth-order valence-corrected chi connectivity index (χ4v) is 2.19. The number of carbonyl (C=O) groups excluding carboxylic acids is 1. The number of carbonyl (C=O) groups is 1. The van der Waals surface area contributed by atoms with Crippen molar-refractivity contribution in [3.63, 3.8) is 0 Å². The number of halogens is 1. The molecule has 3 N–H and O–H groups in total. The number of primary amides is 1. The summed E-state index contributed by atoms with van der Waals surface area (Å²) in [5.41, 5.74) is 5.27. The lowest BCUT2D eigenvalue weighted by Gasteiger charge is -2.27. The van der Waals surface area contributed by atoms with E-state index in [4.69, 9.17) is 5.73 Å². The van der Waals surface area contributed by atoms with Crippen molar-refractivity contribution >= 4 is 11.7 Å². The molecule has 1 aliphatic carbocycles. The minimum atomic E-state index is -0.340. The minimum absolute atomic E-state index is 0.00854. The molecule has 17 heavy (non-hydrogen) atoms. The van der Waals surface area contributed by atoms with Crippen molar-refractivity contribution in [1.82, 2.24) is 4.98 Å². The van der Waals surface area contributed by atoms with Crippen LogP contribution < -0.4 is 11.1 Å². The molecule has 0 aromatic carbocycles. The van der Waals surface area contributed by atoms with E-state index in [-0.39, 0.29) is 17.6 Å². The maximum Gasteiger partial charge on any atom is 0.220 e. The first-order valence-electron chi connectivity index (χ1n) is 5.82. The van der Waals surface area contributed by atoms with Crippen molar-refractivity contribution in [1.29, 1.82) is 0 Å². The lowest BCUT2D eigenvalue weighted by molar-refractivity contribution is -0.122. The predicted molar refractivity (Wildman–Crippen MR) is 62.8 cm³/mol. The first-order valence-corrected chi connectivity index (χ1v) is 5.82. The highest BCUT2D eigenvalue weighted by molar-refractivity contribution is 5.76. The van der Waals surface area contributed by atoms with Crippen LogP contribution in [0.15, 0.2) is 18.3 Å². The Labute approximate surface area is 99.4 Å². The van der Waals surface area contributed by atoms with Gasteiger partial charge in [0.15, 0.2) is 0 Å². The van der Waals surface area contributed by atoms with E-state index in [0.717, 1.165) is 25.7 Å². The van der Waals surface area contributed by atoms with Crippen LogP contribution in [0.4, 0.5) is 10.2 Å². The molecule has 0 aliphatic heterocycles. The summed E-state index contributed by atoms with van der Waals surface area (Å²) in [5.74, 6) is 0.138. The second-order valence-electron chi connectivity index (χ2n) is 4.46. The Morgan fingerprint density at radius 2 is 2.06 bits per heavy atom. The fraction of sp³-hybridized carbons (Fsp3) is 0.500. The number of rotatable bonds is 3. The quantitative estimate of drug-likeness (QED) is 0.840. The van der Waals surface area contributed by atoms with E-state index in [2.05, 4.69) is 10.3 Å². The summed E-state index contributed by atoms with van der Waals surface area (Å²) in [7, 11) is 0. The molecule has 1 fully saturated rings. The molecule has 2 rings (SSSR count). The molecular weight excluding hydrogens is 221 g/mol. The topological polar surface area (TPSA) is 68.0 Å². The Balaban J connectivity index is 1.85. The van der Waals surface area contributed by atoms with Gasteiger partial charge < -0.3 is 11.1 Å². The molecule has 92 valence electrons. The molecule has 0 radical (unpaired) electrons. The highest BCUT2D eigenvalue weighted by Gasteiger charge is 2.24. The van der Waals surface area contributed by atoms with Gasteiger partial charge in [0.2, 0.25) is 5.91 Å². The monoisotopic (exact) mass is 237 g/mol. The van der Waals surface area contributed by atoms with Gasteiger partial charge in [-0.3, -0.25) is 4.79 Å². The Morgan fingerprint density at radius 1 is 1.35 bits per heavy atom. The number of hydrogen-bond acceptors (Lipinski definition) is 3. The Hall–Kier alpha value is -1.65. The zero-order chi connectivity index (χ0) is 12.3. The fourth-order valence-electron chi connectivity index (χ4n) is 2.19. The van der Waals surface area contributed by atoms with Gasteiger partial charge >= 0.3 is 0 Å². The van der Waals surface area contributed by atoms with Crippen molar-refractivity contribution in [2.75, 3.05) is 5.32 Å². The zero-order valence-corrected chi connectivity index (χ0v) is 9.53. The van der Waals surface area contributed by atoms with Crippen LogP contribution in [-0.4, -0.2) is 16.9 Å². The molecule has 1 saturated carbocycles. The standard InChI is InChI=1S/C12H16FN3O/c13-9-3-6-11(15-7-9)16-10-4-1-8(2-5-10)12(14)17/h3,6-8,10H,1-2,4-5H2,(H2,14,17)(H,15,16). The highest BCUT2D eigenvalue weighted by Crippen LogP contribution is 2.25. The SMILES string of the molecule is NC(=O)C1CCC(Nc2ccc(F)cn2)CC1. The van der Waals surface area contributed by atoms with Crippen LogP contribution in [0.2, 0.25) is 0 Å². The van der Waals surface area contributed by atoms with E-state index < -0.39 is 0 Å². The summed E-state index contributed by atoms with van der Waals surface area (Å²) in [4.78, 5) is 15.0. The van der Waals surface area contributed by atoms with E-state index in [1.807, 2.05) is 0 Å². The molecular formula is C12H16FN3O. The van der Waals surface area contributed by atoms with Crippen LogP contribution in [0, 0.1) is 11.7 Å². The number of anilines is 1. The van der Waals surface area contributed by atoms with Gasteiger partial charge in [0, 0.05) is 12.0 Å². The van der Waals surface area contributed by atoms with E-state index in [1.54, 1.807) is 6.07 Å². The van der Waals surface area contributed by atoms with Gasteiger partial charge in [-0.2, -0.15) is 0 Å². The number of amides is 1. The van der Waals surface area contributed by atoms with Crippen LogP contribution in [0.3, 0.4) is 0 Å². The van der Waals surface area contributed by atoms with Gasteiger partial charge in [0.1, 0.15) is 11.6 Å². The average molecular weight is 237 g/mol. The normalized spacial score (nSPS) is 24.3. The van der Waals surface area contributed by atoms with Crippen LogP contribution in [0.1, 0.15) is 25.7 Å². The van der Waals surface area contributed by atoms with Gasteiger partial charge in [-0.25, -0.2) is 9.37 Å². The minimum Gasteiger partial charge on any atom is -0.369 e. The van der Waals surface area contributed by atoms with Crippen LogP contribution >= 0.6 is 0 Å². The maximum absolute atomic E-state index is 12.7. The molecule has 5 heteroatoms. The largest absolute Gasteiger partial charge is 0.369 e. The van der Waals surface area contributed by atoms with Crippen LogP contribution in [-0.2, 0) is 4.79 Å². The average Bonchev–Trinajstić information content (AvgIpc) is 2.33. The van der Waals surface area contributed by atoms with Crippen molar-refractivity contribution in [2.24, 2.45) is 11.7 Å². The second-order valence-corrected chi connectivity index (χ2v) is 4.46. The predicted octanol–water partition coefficient (Wildman–Crippen LogP) is 1.68. The highest BCUT2D eigenvalue weighted by atomic mass is 19.1. The third kappa shape index (κ3) is 3.15. The Kier molecular flexibility index (Phi) is 3.56. The molecule has 4 nitrogen and oxygen atoms in total. The summed E-state index contributed by atoms with van der Waals surface area (Å²) in [6.45, 7) is 0. The molecule has 1 aromatic rings. The Morgan fingerprint density at radius 3 is 2.59 bits per heavy atom. The van der Waals surface area contributed by atoms with Crippen molar-refractivity contribution in [3.05, 3.63) is 24.1 Å². The number of pyridine rings is 1. The molecule has 1 amide bonds. The zero-order valence-electron chi connectivity index (χ0n) is 9.53. The maximum atomic E-state index is 12.7. The van der Waals surface area contributed by atoms with E-state index in [0.29, 0.717) is 11.9 Å². The summed E-state index contributed by atoms with van der Waals surface area (Å²) < 4.78 is 12.7. The van der Waals surface area contributed by atoms with Gasteiger partial charge in [-0.1, -0.05) is 0 Å². The summed E-state index contributed by atoms with van der Waals surface area (Å²) in [5, 5.41) is 3.24. The van der Waals surface area contributed by atoms with E-state index in [1.165, 1.54) is 12.3 Å². The molecule has 1 aliphatic rings. The molecule has 0 bridgehead atoms. The van der Waals surface area contributed by atoms with Crippen LogP contribution in [0.25, 0.3) is 0 Å².